The predicted octanol–water partition coefficient (Wildman–Crippen LogP) is 3.12. The molecule has 2 aromatic heterocycles. The second kappa shape index (κ2) is 8.13. The molecule has 0 aliphatic carbocycles. The molecule has 0 saturated heterocycles. The molecule has 27 heavy (non-hydrogen) atoms. The van der Waals surface area contributed by atoms with E-state index in [9.17, 15) is 4.79 Å². The van der Waals surface area contributed by atoms with E-state index in [0.717, 1.165) is 5.69 Å². The smallest absolute Gasteiger partial charge is 0.341 e. The molecule has 2 N–H and O–H groups in total. The lowest BCUT2D eigenvalue weighted by Gasteiger charge is -2.12. The van der Waals surface area contributed by atoms with Crippen molar-refractivity contribution in [2.24, 2.45) is 0 Å². The number of ether oxygens (including phenoxy) is 2. The lowest BCUT2D eigenvalue weighted by atomic mass is 10.1. The molecule has 0 fully saturated rings. The number of pyridine rings is 1. The Hall–Kier alpha value is -3.68. The number of carbonyl (C=O) groups is 1. The maximum Gasteiger partial charge on any atom is 0.341 e. The van der Waals surface area contributed by atoms with Crippen LogP contribution in [0.5, 0.6) is 5.75 Å². The Bertz CT molecular complexity index is 947. The van der Waals surface area contributed by atoms with Crippen molar-refractivity contribution in [2.75, 3.05) is 31.9 Å². The minimum Gasteiger partial charge on any atom is -0.496 e. The first kappa shape index (κ1) is 18.1. The first-order valence-electron chi connectivity index (χ1n) is 8.16. The molecule has 0 spiro atoms. The fourth-order valence-electron chi connectivity index (χ4n) is 2.46. The first-order chi connectivity index (χ1) is 13.1. The summed E-state index contributed by atoms with van der Waals surface area (Å²) in [7, 11) is 4.57. The average Bonchev–Trinajstić information content (AvgIpc) is 2.73. The van der Waals surface area contributed by atoms with Crippen LogP contribution >= 0.6 is 0 Å². The maximum absolute atomic E-state index is 11.8. The average molecular weight is 365 g/mol. The van der Waals surface area contributed by atoms with E-state index in [1.165, 1.54) is 14.2 Å². The Morgan fingerprint density at radius 3 is 2.56 bits per heavy atom. The summed E-state index contributed by atoms with van der Waals surface area (Å²) < 4.78 is 10.0. The number of methoxy groups -OCH3 is 2. The van der Waals surface area contributed by atoms with Gasteiger partial charge in [-0.3, -0.25) is 4.98 Å². The Kier molecular flexibility index (Phi) is 5.46. The third-order valence-electron chi connectivity index (χ3n) is 3.76. The van der Waals surface area contributed by atoms with Crippen LogP contribution in [0.3, 0.4) is 0 Å². The molecule has 0 aliphatic rings. The quantitative estimate of drug-likeness (QED) is 0.643. The third-order valence-corrected chi connectivity index (χ3v) is 3.76. The molecule has 0 bridgehead atoms. The highest BCUT2D eigenvalue weighted by Gasteiger charge is 2.14. The normalized spacial score (nSPS) is 10.2. The van der Waals surface area contributed by atoms with Crippen molar-refractivity contribution in [3.8, 4) is 17.1 Å². The molecule has 0 amide bonds. The zero-order valence-corrected chi connectivity index (χ0v) is 15.2. The largest absolute Gasteiger partial charge is 0.496 e. The van der Waals surface area contributed by atoms with Crippen molar-refractivity contribution in [3.05, 3.63) is 54.2 Å². The summed E-state index contributed by atoms with van der Waals surface area (Å²) in [5.74, 6) is 0.969. The number of aromatic nitrogens is 3. The van der Waals surface area contributed by atoms with Gasteiger partial charge in [0.1, 0.15) is 17.1 Å². The molecule has 0 atom stereocenters. The lowest BCUT2D eigenvalue weighted by Crippen LogP contribution is -2.05. The van der Waals surface area contributed by atoms with Crippen LogP contribution in [0.2, 0.25) is 0 Å². The monoisotopic (exact) mass is 365 g/mol. The van der Waals surface area contributed by atoms with E-state index < -0.39 is 5.97 Å². The highest BCUT2D eigenvalue weighted by molar-refractivity contribution is 5.93. The maximum atomic E-state index is 11.8. The highest BCUT2D eigenvalue weighted by atomic mass is 16.5. The summed E-state index contributed by atoms with van der Waals surface area (Å²) in [6.07, 6.45) is 1.71. The molecule has 3 aromatic rings. The number of nitrogens with zero attached hydrogens (tertiary/aromatic N) is 3. The van der Waals surface area contributed by atoms with Crippen molar-refractivity contribution in [2.45, 2.75) is 0 Å². The van der Waals surface area contributed by atoms with Gasteiger partial charge in [0.05, 0.1) is 25.6 Å². The molecule has 0 unspecified atom stereocenters. The number of carbonyl (C=O) groups excluding carboxylic acids is 1. The molecular weight excluding hydrogens is 346 g/mol. The molecule has 3 rings (SSSR count). The summed E-state index contributed by atoms with van der Waals surface area (Å²) >= 11 is 0. The Balaban J connectivity index is 1.94. The van der Waals surface area contributed by atoms with E-state index >= 15 is 0 Å². The zero-order valence-electron chi connectivity index (χ0n) is 15.2. The van der Waals surface area contributed by atoms with E-state index in [0.29, 0.717) is 34.5 Å². The Labute approximate surface area is 156 Å². The van der Waals surface area contributed by atoms with E-state index in [1.807, 2.05) is 18.2 Å². The van der Waals surface area contributed by atoms with E-state index in [2.05, 4.69) is 25.6 Å². The van der Waals surface area contributed by atoms with Gasteiger partial charge >= 0.3 is 5.97 Å². The van der Waals surface area contributed by atoms with Crippen LogP contribution in [0, 0.1) is 0 Å². The molecule has 8 nitrogen and oxygen atoms in total. The van der Waals surface area contributed by atoms with Gasteiger partial charge in [0.15, 0.2) is 0 Å². The molecule has 2 heterocycles. The molecule has 0 radical (unpaired) electrons. The zero-order chi connectivity index (χ0) is 19.2. The van der Waals surface area contributed by atoms with Gasteiger partial charge in [-0.2, -0.15) is 4.98 Å². The van der Waals surface area contributed by atoms with Gasteiger partial charge in [-0.05, 0) is 24.3 Å². The highest BCUT2D eigenvalue weighted by Crippen LogP contribution is 2.27. The topological polar surface area (TPSA) is 98.3 Å². The molecule has 8 heteroatoms. The van der Waals surface area contributed by atoms with Crippen LogP contribution in [0.1, 0.15) is 10.4 Å². The summed E-state index contributed by atoms with van der Waals surface area (Å²) in [4.78, 5) is 25.0. The van der Waals surface area contributed by atoms with E-state index in [1.54, 1.807) is 37.5 Å². The Morgan fingerprint density at radius 2 is 1.89 bits per heavy atom. The van der Waals surface area contributed by atoms with Gasteiger partial charge in [0.25, 0.3) is 0 Å². The van der Waals surface area contributed by atoms with Crippen LogP contribution in [0.25, 0.3) is 11.4 Å². The number of hydrogen-bond donors (Lipinski definition) is 2. The van der Waals surface area contributed by atoms with Crippen LogP contribution in [0.15, 0.2) is 48.7 Å². The number of nitrogens with one attached hydrogen (secondary N) is 2. The number of esters is 1. The second-order valence-corrected chi connectivity index (χ2v) is 5.46. The van der Waals surface area contributed by atoms with Crippen molar-refractivity contribution < 1.29 is 14.3 Å². The molecular formula is C19H19N5O3. The molecule has 1 aromatic carbocycles. The van der Waals surface area contributed by atoms with Crippen molar-refractivity contribution >= 4 is 23.4 Å². The summed E-state index contributed by atoms with van der Waals surface area (Å²) in [5.41, 5.74) is 2.46. The summed E-state index contributed by atoms with van der Waals surface area (Å²) in [5, 5.41) is 6.14. The lowest BCUT2D eigenvalue weighted by molar-refractivity contribution is 0.0597. The minimum atomic E-state index is -0.463. The van der Waals surface area contributed by atoms with Gasteiger partial charge in [-0.1, -0.05) is 6.07 Å². The fraction of sp³-hybridized carbons (Fsp3) is 0.158. The van der Waals surface area contributed by atoms with Crippen molar-refractivity contribution in [1.29, 1.82) is 0 Å². The van der Waals surface area contributed by atoms with Crippen LogP contribution < -0.4 is 15.4 Å². The van der Waals surface area contributed by atoms with Gasteiger partial charge < -0.3 is 20.1 Å². The van der Waals surface area contributed by atoms with Crippen molar-refractivity contribution in [1.82, 2.24) is 15.0 Å². The van der Waals surface area contributed by atoms with E-state index in [-0.39, 0.29) is 0 Å². The SMILES string of the molecule is CNc1nc(Nc2ccc(C(=O)OC)c(OC)c2)cc(-c2ccccn2)n1. The number of hydrogen-bond acceptors (Lipinski definition) is 8. The third kappa shape index (κ3) is 4.12. The molecule has 0 saturated carbocycles. The second-order valence-electron chi connectivity index (χ2n) is 5.46. The van der Waals surface area contributed by atoms with Crippen molar-refractivity contribution in [3.63, 3.8) is 0 Å². The first-order valence-corrected chi connectivity index (χ1v) is 8.16. The minimum absolute atomic E-state index is 0.346. The van der Waals surface area contributed by atoms with Gasteiger partial charge in [0, 0.05) is 31.1 Å². The van der Waals surface area contributed by atoms with Crippen LogP contribution in [-0.4, -0.2) is 42.2 Å². The van der Waals surface area contributed by atoms with Gasteiger partial charge in [-0.15, -0.1) is 0 Å². The Morgan fingerprint density at radius 1 is 1.04 bits per heavy atom. The summed E-state index contributed by atoms with van der Waals surface area (Å²) in [6.45, 7) is 0. The summed E-state index contributed by atoms with van der Waals surface area (Å²) in [6, 6.07) is 12.5. The van der Waals surface area contributed by atoms with E-state index in [4.69, 9.17) is 9.47 Å². The number of rotatable bonds is 6. The number of benzene rings is 1. The van der Waals surface area contributed by atoms with Crippen LogP contribution in [0.4, 0.5) is 17.5 Å². The van der Waals surface area contributed by atoms with Gasteiger partial charge in [0.2, 0.25) is 5.95 Å². The number of anilines is 3. The van der Waals surface area contributed by atoms with Crippen LogP contribution in [-0.2, 0) is 4.74 Å². The predicted molar refractivity (Wildman–Crippen MR) is 102 cm³/mol. The molecule has 0 aliphatic heterocycles. The standard InChI is InChI=1S/C19H19N5O3/c1-20-19-23-15(14-6-4-5-9-21-14)11-17(24-19)22-12-7-8-13(18(25)27-3)16(10-12)26-2/h4-11H,1-3H3,(H2,20,22,23,24). The van der Waals surface area contributed by atoms with Gasteiger partial charge in [-0.25, -0.2) is 9.78 Å². The molecule has 138 valence electrons. The fourth-order valence-corrected chi connectivity index (χ4v) is 2.46.